The van der Waals surface area contributed by atoms with Gasteiger partial charge in [0, 0.05) is 55.5 Å². The molecule has 4 heterocycles. The number of pyridine rings is 2. The molecule has 1 aliphatic heterocycles. The Morgan fingerprint density at radius 2 is 2.00 bits per heavy atom. The van der Waals surface area contributed by atoms with Crippen molar-refractivity contribution in [1.82, 2.24) is 24.6 Å². The molecule has 1 atom stereocenters. The van der Waals surface area contributed by atoms with Crippen molar-refractivity contribution < 1.29 is 4.74 Å². The van der Waals surface area contributed by atoms with E-state index in [0.717, 1.165) is 53.9 Å². The number of ether oxygens (including phenoxy) is 1. The number of anilines is 2. The number of rotatable bonds is 5. The highest BCUT2D eigenvalue weighted by atomic mass is 16.5. The summed E-state index contributed by atoms with van der Waals surface area (Å²) in [4.78, 5) is 11.7. The average Bonchev–Trinajstić information content (AvgIpc) is 2.98. The fourth-order valence-corrected chi connectivity index (χ4v) is 3.76. The van der Waals surface area contributed by atoms with Gasteiger partial charge in [-0.1, -0.05) is 6.07 Å². The van der Waals surface area contributed by atoms with Gasteiger partial charge in [-0.25, -0.2) is 4.98 Å². The summed E-state index contributed by atoms with van der Waals surface area (Å²) in [5.41, 5.74) is 6.22. The summed E-state index contributed by atoms with van der Waals surface area (Å²) >= 11 is 0. The molecule has 1 saturated heterocycles. The Hall–Kier alpha value is -2.77. The van der Waals surface area contributed by atoms with E-state index in [1.807, 2.05) is 49.8 Å². The molecule has 3 aromatic heterocycles. The third-order valence-corrected chi connectivity index (χ3v) is 5.12. The van der Waals surface area contributed by atoms with Crippen molar-refractivity contribution in [3.8, 4) is 0 Å². The summed E-state index contributed by atoms with van der Waals surface area (Å²) in [7, 11) is 1.97. The van der Waals surface area contributed by atoms with Crippen LogP contribution in [-0.4, -0.2) is 44.3 Å². The lowest BCUT2D eigenvalue weighted by Crippen LogP contribution is -2.38. The van der Waals surface area contributed by atoms with Gasteiger partial charge >= 0.3 is 0 Å². The molecule has 7 heteroatoms. The van der Waals surface area contributed by atoms with Crippen LogP contribution in [0.3, 0.4) is 0 Å². The van der Waals surface area contributed by atoms with Crippen LogP contribution in [0.5, 0.6) is 0 Å². The first-order chi connectivity index (χ1) is 14.0. The average molecular weight is 393 g/mol. The first kappa shape index (κ1) is 19.5. The summed E-state index contributed by atoms with van der Waals surface area (Å²) in [6.45, 7) is 9.36. The quantitative estimate of drug-likeness (QED) is 0.717. The van der Waals surface area contributed by atoms with Crippen molar-refractivity contribution in [2.45, 2.75) is 33.4 Å². The van der Waals surface area contributed by atoms with E-state index in [4.69, 9.17) is 9.72 Å². The molecule has 0 spiro atoms. The van der Waals surface area contributed by atoms with Crippen molar-refractivity contribution in [3.63, 3.8) is 0 Å². The minimum absolute atomic E-state index is 0.0494. The Labute approximate surface area is 171 Å². The van der Waals surface area contributed by atoms with Crippen LogP contribution in [0.4, 0.5) is 11.5 Å². The number of nitrogens with zero attached hydrogens (tertiary/aromatic N) is 5. The van der Waals surface area contributed by atoms with Gasteiger partial charge in [0.1, 0.15) is 11.9 Å². The predicted molar refractivity (Wildman–Crippen MR) is 113 cm³/mol. The lowest BCUT2D eigenvalue weighted by atomic mass is 10.1. The predicted octanol–water partition coefficient (Wildman–Crippen LogP) is 3.45. The summed E-state index contributed by atoms with van der Waals surface area (Å²) < 4.78 is 7.96. The van der Waals surface area contributed by atoms with E-state index in [0.29, 0.717) is 6.61 Å². The molecule has 152 valence electrons. The molecule has 1 N–H and O–H groups in total. The van der Waals surface area contributed by atoms with Crippen LogP contribution in [0.15, 0.2) is 36.5 Å². The molecule has 0 aromatic carbocycles. The zero-order valence-corrected chi connectivity index (χ0v) is 17.5. The van der Waals surface area contributed by atoms with Gasteiger partial charge in [-0.15, -0.1) is 0 Å². The molecule has 7 nitrogen and oxygen atoms in total. The van der Waals surface area contributed by atoms with E-state index in [9.17, 15) is 0 Å². The lowest BCUT2D eigenvalue weighted by Gasteiger charge is -2.32. The number of aromatic nitrogens is 4. The number of morpholine rings is 1. The second kappa shape index (κ2) is 8.31. The molecule has 0 saturated carbocycles. The van der Waals surface area contributed by atoms with E-state index in [1.54, 1.807) is 0 Å². The van der Waals surface area contributed by atoms with Gasteiger partial charge in [0.15, 0.2) is 0 Å². The van der Waals surface area contributed by atoms with Crippen molar-refractivity contribution in [1.29, 1.82) is 0 Å². The van der Waals surface area contributed by atoms with Crippen molar-refractivity contribution >= 4 is 11.5 Å². The van der Waals surface area contributed by atoms with Crippen LogP contribution in [0, 0.1) is 20.8 Å². The van der Waals surface area contributed by atoms with E-state index in [2.05, 4.69) is 39.5 Å². The SMILES string of the molecule is Cc1cccc(Nc2cc(C)nc([C@@H]3CN(Cc4cn(C)nc4C)CCO3)c2)n1. The van der Waals surface area contributed by atoms with Gasteiger partial charge in [-0.2, -0.15) is 5.10 Å². The van der Waals surface area contributed by atoms with Gasteiger partial charge in [0.25, 0.3) is 0 Å². The van der Waals surface area contributed by atoms with Crippen LogP contribution >= 0.6 is 0 Å². The molecule has 0 aliphatic carbocycles. The number of nitrogens with one attached hydrogen (secondary N) is 1. The van der Waals surface area contributed by atoms with Crippen LogP contribution in [-0.2, 0) is 18.3 Å². The van der Waals surface area contributed by atoms with Crippen molar-refractivity contribution in [2.24, 2.45) is 7.05 Å². The fourth-order valence-electron chi connectivity index (χ4n) is 3.76. The molecular formula is C22H28N6O. The van der Waals surface area contributed by atoms with E-state index < -0.39 is 0 Å². The molecule has 0 unspecified atom stereocenters. The van der Waals surface area contributed by atoms with Gasteiger partial charge < -0.3 is 10.1 Å². The Balaban J connectivity index is 1.49. The van der Waals surface area contributed by atoms with Crippen LogP contribution in [0.25, 0.3) is 0 Å². The topological polar surface area (TPSA) is 68.1 Å². The van der Waals surface area contributed by atoms with E-state index in [-0.39, 0.29) is 6.10 Å². The third kappa shape index (κ3) is 4.81. The second-order valence-corrected chi connectivity index (χ2v) is 7.72. The highest BCUT2D eigenvalue weighted by Crippen LogP contribution is 2.26. The summed E-state index contributed by atoms with van der Waals surface area (Å²) in [6.07, 6.45) is 2.05. The molecular weight excluding hydrogens is 364 g/mol. The van der Waals surface area contributed by atoms with Crippen LogP contribution in [0.2, 0.25) is 0 Å². The van der Waals surface area contributed by atoms with Gasteiger partial charge in [0.05, 0.1) is 18.0 Å². The maximum atomic E-state index is 6.08. The zero-order valence-electron chi connectivity index (χ0n) is 17.5. The first-order valence-electron chi connectivity index (χ1n) is 9.98. The highest BCUT2D eigenvalue weighted by molar-refractivity contribution is 5.57. The molecule has 1 fully saturated rings. The molecule has 0 radical (unpaired) electrons. The molecule has 0 bridgehead atoms. The van der Waals surface area contributed by atoms with E-state index in [1.165, 1.54) is 5.56 Å². The lowest BCUT2D eigenvalue weighted by molar-refractivity contribution is -0.0350. The Morgan fingerprint density at radius 1 is 1.14 bits per heavy atom. The number of hydrogen-bond donors (Lipinski definition) is 1. The Bertz CT molecular complexity index is 999. The molecule has 1 aliphatic rings. The van der Waals surface area contributed by atoms with Crippen molar-refractivity contribution in [3.05, 3.63) is 64.9 Å². The smallest absolute Gasteiger partial charge is 0.130 e. The molecule has 3 aromatic rings. The van der Waals surface area contributed by atoms with Crippen LogP contribution in [0.1, 0.15) is 34.4 Å². The first-order valence-corrected chi connectivity index (χ1v) is 9.98. The second-order valence-electron chi connectivity index (χ2n) is 7.72. The third-order valence-electron chi connectivity index (χ3n) is 5.12. The zero-order chi connectivity index (χ0) is 20.4. The van der Waals surface area contributed by atoms with Crippen LogP contribution < -0.4 is 5.32 Å². The standard InChI is InChI=1S/C22H28N6O/c1-15-6-5-7-22(24-15)25-19-10-16(2)23-20(11-19)21-14-28(8-9-29-21)13-18-12-27(4)26-17(18)3/h5-7,10-12,21H,8-9,13-14H2,1-4H3,(H,23,24,25)/t21-/m0/s1. The highest BCUT2D eigenvalue weighted by Gasteiger charge is 2.24. The minimum Gasteiger partial charge on any atom is -0.369 e. The Kier molecular flexibility index (Phi) is 5.60. The largest absolute Gasteiger partial charge is 0.369 e. The molecule has 0 amide bonds. The summed E-state index contributed by atoms with van der Waals surface area (Å²) in [5, 5.41) is 7.85. The molecule has 4 rings (SSSR count). The summed E-state index contributed by atoms with van der Waals surface area (Å²) in [6, 6.07) is 10.1. The maximum absolute atomic E-state index is 6.08. The normalized spacial score (nSPS) is 17.4. The van der Waals surface area contributed by atoms with Crippen molar-refractivity contribution in [2.75, 3.05) is 25.0 Å². The Morgan fingerprint density at radius 3 is 2.76 bits per heavy atom. The summed E-state index contributed by atoms with van der Waals surface area (Å²) in [5.74, 6) is 0.833. The maximum Gasteiger partial charge on any atom is 0.130 e. The van der Waals surface area contributed by atoms with Gasteiger partial charge in [-0.3, -0.25) is 14.6 Å². The fraction of sp³-hybridized carbons (Fsp3) is 0.409. The van der Waals surface area contributed by atoms with Gasteiger partial charge in [-0.05, 0) is 45.0 Å². The minimum atomic E-state index is -0.0494. The number of aryl methyl sites for hydroxylation is 4. The van der Waals surface area contributed by atoms with Gasteiger partial charge in [0.2, 0.25) is 0 Å². The number of hydrogen-bond acceptors (Lipinski definition) is 6. The monoisotopic (exact) mass is 392 g/mol. The molecule has 29 heavy (non-hydrogen) atoms. The van der Waals surface area contributed by atoms with E-state index >= 15 is 0 Å².